The molecular formula is C27H29NO4. The number of nitrogens with zero attached hydrogens (tertiary/aromatic N) is 1. The molecular weight excluding hydrogens is 402 g/mol. The number of carbonyl (C=O) groups is 2. The van der Waals surface area contributed by atoms with Gasteiger partial charge in [0, 0.05) is 18.5 Å². The van der Waals surface area contributed by atoms with Gasteiger partial charge in [-0.05, 0) is 60.7 Å². The maximum absolute atomic E-state index is 13.0. The number of benzene rings is 3. The fourth-order valence-corrected chi connectivity index (χ4v) is 4.48. The van der Waals surface area contributed by atoms with Crippen molar-refractivity contribution in [3.63, 3.8) is 0 Å². The molecule has 0 bridgehead atoms. The van der Waals surface area contributed by atoms with Crippen molar-refractivity contribution >= 4 is 22.5 Å². The van der Waals surface area contributed by atoms with E-state index in [2.05, 4.69) is 36.4 Å². The second-order valence-corrected chi connectivity index (χ2v) is 8.19. The van der Waals surface area contributed by atoms with E-state index in [-0.39, 0.29) is 17.7 Å². The van der Waals surface area contributed by atoms with Crippen LogP contribution < -0.4 is 9.47 Å². The lowest BCUT2D eigenvalue weighted by molar-refractivity contribution is -0.132. The third-order valence-electron chi connectivity index (χ3n) is 6.12. The van der Waals surface area contributed by atoms with Crippen molar-refractivity contribution < 1.29 is 19.1 Å². The summed E-state index contributed by atoms with van der Waals surface area (Å²) >= 11 is 0. The molecule has 1 unspecified atom stereocenters. The molecule has 1 amide bonds. The second-order valence-electron chi connectivity index (χ2n) is 8.19. The summed E-state index contributed by atoms with van der Waals surface area (Å²) in [7, 11) is 1.55. The molecule has 5 nitrogen and oxygen atoms in total. The van der Waals surface area contributed by atoms with Crippen LogP contribution >= 0.6 is 0 Å². The molecule has 32 heavy (non-hydrogen) atoms. The van der Waals surface area contributed by atoms with Gasteiger partial charge in [-0.2, -0.15) is 0 Å². The van der Waals surface area contributed by atoms with Gasteiger partial charge in [0.15, 0.2) is 17.3 Å². The van der Waals surface area contributed by atoms with Crippen molar-refractivity contribution in [2.24, 2.45) is 0 Å². The Labute approximate surface area is 188 Å². The molecule has 1 aliphatic heterocycles. The van der Waals surface area contributed by atoms with E-state index in [0.717, 1.165) is 19.4 Å². The SMILES string of the molecule is COc1cc(C(C)=O)ccc1OCCCC(=O)N1CCCC1c1cccc2ccccc12. The Morgan fingerprint density at radius 1 is 1.03 bits per heavy atom. The van der Waals surface area contributed by atoms with E-state index in [0.29, 0.717) is 36.5 Å². The predicted molar refractivity (Wildman–Crippen MR) is 125 cm³/mol. The number of fused-ring (bicyclic) bond motifs is 1. The van der Waals surface area contributed by atoms with Crippen LogP contribution in [0.1, 0.15) is 54.6 Å². The molecule has 1 heterocycles. The summed E-state index contributed by atoms with van der Waals surface area (Å²) in [6.07, 6.45) is 3.08. The van der Waals surface area contributed by atoms with Crippen LogP contribution in [-0.2, 0) is 4.79 Å². The lowest BCUT2D eigenvalue weighted by Gasteiger charge is -2.26. The third kappa shape index (κ3) is 4.62. The standard InChI is InChI=1S/C27H29NO4/c1-19(29)21-14-15-25(26(18-21)31-2)32-17-7-13-27(30)28-16-6-12-24(28)23-11-5-9-20-8-3-4-10-22(20)23/h3-5,8-11,14-15,18,24H,6-7,12-13,16-17H2,1-2H3. The molecule has 4 rings (SSSR count). The lowest BCUT2D eigenvalue weighted by atomic mass is 9.97. The van der Waals surface area contributed by atoms with E-state index >= 15 is 0 Å². The molecule has 3 aromatic rings. The van der Waals surface area contributed by atoms with Crippen molar-refractivity contribution in [3.05, 3.63) is 71.8 Å². The molecule has 0 spiro atoms. The first-order valence-electron chi connectivity index (χ1n) is 11.2. The topological polar surface area (TPSA) is 55.8 Å². The minimum atomic E-state index is -0.0215. The molecule has 0 saturated carbocycles. The summed E-state index contributed by atoms with van der Waals surface area (Å²) in [5, 5.41) is 2.44. The number of hydrogen-bond acceptors (Lipinski definition) is 4. The van der Waals surface area contributed by atoms with Gasteiger partial charge in [-0.25, -0.2) is 0 Å². The number of methoxy groups -OCH3 is 1. The van der Waals surface area contributed by atoms with Crippen molar-refractivity contribution in [2.75, 3.05) is 20.3 Å². The highest BCUT2D eigenvalue weighted by atomic mass is 16.5. The summed E-state index contributed by atoms with van der Waals surface area (Å²) in [4.78, 5) is 26.6. The number of hydrogen-bond donors (Lipinski definition) is 0. The smallest absolute Gasteiger partial charge is 0.223 e. The van der Waals surface area contributed by atoms with Crippen molar-refractivity contribution in [3.8, 4) is 11.5 Å². The summed E-state index contributed by atoms with van der Waals surface area (Å²) in [5.41, 5.74) is 1.82. The van der Waals surface area contributed by atoms with Crippen LogP contribution in [0.5, 0.6) is 11.5 Å². The third-order valence-corrected chi connectivity index (χ3v) is 6.12. The molecule has 1 aliphatic rings. The van der Waals surface area contributed by atoms with Crippen molar-refractivity contribution in [1.82, 2.24) is 4.90 Å². The zero-order valence-corrected chi connectivity index (χ0v) is 18.7. The van der Waals surface area contributed by atoms with Gasteiger partial charge in [0.1, 0.15) is 0 Å². The maximum atomic E-state index is 13.0. The van der Waals surface area contributed by atoms with Crippen LogP contribution in [-0.4, -0.2) is 36.9 Å². The molecule has 1 saturated heterocycles. The minimum absolute atomic E-state index is 0.0215. The number of likely N-dealkylation sites (tertiary alicyclic amines) is 1. The number of Topliss-reactive ketones (excluding diaryl/α,β-unsaturated/α-hetero) is 1. The van der Waals surface area contributed by atoms with Crippen LogP contribution in [0.2, 0.25) is 0 Å². The molecule has 0 N–H and O–H groups in total. The summed E-state index contributed by atoms with van der Waals surface area (Å²) in [5.74, 6) is 1.26. The maximum Gasteiger partial charge on any atom is 0.223 e. The molecule has 1 atom stereocenters. The quantitative estimate of drug-likeness (QED) is 0.345. The van der Waals surface area contributed by atoms with Crippen molar-refractivity contribution in [1.29, 1.82) is 0 Å². The Morgan fingerprint density at radius 3 is 2.66 bits per heavy atom. The zero-order chi connectivity index (χ0) is 22.5. The first-order chi connectivity index (χ1) is 15.6. The van der Waals surface area contributed by atoms with Crippen LogP contribution in [0, 0.1) is 0 Å². The monoisotopic (exact) mass is 431 g/mol. The molecule has 3 aromatic carbocycles. The van der Waals surface area contributed by atoms with Crippen LogP contribution in [0.4, 0.5) is 0 Å². The van der Waals surface area contributed by atoms with E-state index in [4.69, 9.17) is 9.47 Å². The van der Waals surface area contributed by atoms with Crippen LogP contribution in [0.3, 0.4) is 0 Å². The fraction of sp³-hybridized carbons (Fsp3) is 0.333. The molecule has 0 aromatic heterocycles. The highest BCUT2D eigenvalue weighted by molar-refractivity contribution is 5.94. The zero-order valence-electron chi connectivity index (χ0n) is 18.7. The number of rotatable bonds is 8. The van der Waals surface area contributed by atoms with Gasteiger partial charge in [-0.3, -0.25) is 9.59 Å². The Hall–Kier alpha value is -3.34. The Kier molecular flexibility index (Phi) is 6.74. The predicted octanol–water partition coefficient (Wildman–Crippen LogP) is 5.57. The van der Waals surface area contributed by atoms with E-state index in [1.54, 1.807) is 25.3 Å². The fourth-order valence-electron chi connectivity index (χ4n) is 4.48. The summed E-state index contributed by atoms with van der Waals surface area (Å²) < 4.78 is 11.2. The normalized spacial score (nSPS) is 15.7. The Bertz CT molecular complexity index is 1120. The molecule has 0 radical (unpaired) electrons. The van der Waals surface area contributed by atoms with E-state index in [1.165, 1.54) is 23.3 Å². The number of ether oxygens (including phenoxy) is 2. The first kappa shape index (κ1) is 21.9. The molecule has 1 fully saturated rings. The largest absolute Gasteiger partial charge is 0.493 e. The van der Waals surface area contributed by atoms with Crippen LogP contribution in [0.25, 0.3) is 10.8 Å². The van der Waals surface area contributed by atoms with Crippen molar-refractivity contribution in [2.45, 2.75) is 38.6 Å². The van der Waals surface area contributed by atoms with E-state index in [9.17, 15) is 9.59 Å². The van der Waals surface area contributed by atoms with E-state index < -0.39 is 0 Å². The van der Waals surface area contributed by atoms with Gasteiger partial charge < -0.3 is 14.4 Å². The second kappa shape index (κ2) is 9.86. The molecule has 5 heteroatoms. The van der Waals surface area contributed by atoms with Crippen LogP contribution in [0.15, 0.2) is 60.7 Å². The van der Waals surface area contributed by atoms with Gasteiger partial charge >= 0.3 is 0 Å². The number of ketones is 1. The average Bonchev–Trinajstić information content (AvgIpc) is 3.31. The number of amides is 1. The Balaban J connectivity index is 1.36. The van der Waals surface area contributed by atoms with Gasteiger partial charge in [0.2, 0.25) is 5.91 Å². The molecule has 166 valence electrons. The van der Waals surface area contributed by atoms with E-state index in [1.807, 2.05) is 11.0 Å². The summed E-state index contributed by atoms with van der Waals surface area (Å²) in [6, 6.07) is 20.0. The summed E-state index contributed by atoms with van der Waals surface area (Å²) in [6.45, 7) is 2.73. The number of carbonyl (C=O) groups excluding carboxylic acids is 2. The minimum Gasteiger partial charge on any atom is -0.493 e. The first-order valence-corrected chi connectivity index (χ1v) is 11.2. The molecule has 0 aliphatic carbocycles. The highest BCUT2D eigenvalue weighted by Gasteiger charge is 2.30. The lowest BCUT2D eigenvalue weighted by Crippen LogP contribution is -2.30. The van der Waals surface area contributed by atoms with Gasteiger partial charge in [-0.1, -0.05) is 42.5 Å². The van der Waals surface area contributed by atoms with Gasteiger partial charge in [0.25, 0.3) is 0 Å². The van der Waals surface area contributed by atoms with Gasteiger partial charge in [-0.15, -0.1) is 0 Å². The average molecular weight is 432 g/mol. The van der Waals surface area contributed by atoms with Gasteiger partial charge in [0.05, 0.1) is 19.8 Å². The Morgan fingerprint density at radius 2 is 1.84 bits per heavy atom. The highest BCUT2D eigenvalue weighted by Crippen LogP contribution is 2.36.